The van der Waals surface area contributed by atoms with Gasteiger partial charge in [-0.1, -0.05) is 29.8 Å². The van der Waals surface area contributed by atoms with Gasteiger partial charge in [-0.25, -0.2) is 8.78 Å². The Kier molecular flexibility index (Phi) is 5.13. The topological polar surface area (TPSA) is 20.2 Å². The molecule has 0 amide bonds. The maximum absolute atomic E-state index is 13.7. The fraction of sp³-hybridized carbons (Fsp3) is 0.200. The molecule has 1 unspecified atom stereocenters. The van der Waals surface area contributed by atoms with E-state index in [2.05, 4.69) is 15.9 Å². The Balaban J connectivity index is 2.07. The molecule has 0 fully saturated rings. The van der Waals surface area contributed by atoms with Crippen molar-refractivity contribution < 1.29 is 13.9 Å². The van der Waals surface area contributed by atoms with Gasteiger partial charge in [0.25, 0.3) is 0 Å². The average molecular weight is 362 g/mol. The van der Waals surface area contributed by atoms with Gasteiger partial charge in [0.15, 0.2) is 0 Å². The standard InChI is InChI=1S/C15H12BrClF2O/c16-12-7-9(4-5-14(12)18)6-11(20)8-10-2-1-3-13(17)15(10)19/h1-5,7,11,20H,6,8H2. The molecule has 0 bridgehead atoms. The third kappa shape index (κ3) is 3.78. The minimum absolute atomic E-state index is 0.0410. The van der Waals surface area contributed by atoms with Crippen LogP contribution >= 0.6 is 27.5 Å². The van der Waals surface area contributed by atoms with Gasteiger partial charge in [-0.05, 0) is 51.7 Å². The Morgan fingerprint density at radius 3 is 2.60 bits per heavy atom. The first-order valence-corrected chi connectivity index (χ1v) is 7.19. The lowest BCUT2D eigenvalue weighted by molar-refractivity contribution is 0.174. The molecule has 0 spiro atoms. The molecule has 20 heavy (non-hydrogen) atoms. The molecule has 0 aromatic heterocycles. The quantitative estimate of drug-likeness (QED) is 0.848. The van der Waals surface area contributed by atoms with Gasteiger partial charge in [-0.3, -0.25) is 0 Å². The summed E-state index contributed by atoms with van der Waals surface area (Å²) in [6.07, 6.45) is -0.299. The van der Waals surface area contributed by atoms with E-state index in [1.54, 1.807) is 24.3 Å². The van der Waals surface area contributed by atoms with Crippen LogP contribution in [0.3, 0.4) is 0 Å². The Morgan fingerprint density at radius 2 is 1.90 bits per heavy atom. The molecule has 0 saturated carbocycles. The van der Waals surface area contributed by atoms with E-state index in [4.69, 9.17) is 11.6 Å². The van der Waals surface area contributed by atoms with Crippen molar-refractivity contribution in [3.8, 4) is 0 Å². The van der Waals surface area contributed by atoms with Gasteiger partial charge in [0.1, 0.15) is 11.6 Å². The first kappa shape index (κ1) is 15.4. The smallest absolute Gasteiger partial charge is 0.145 e. The van der Waals surface area contributed by atoms with Crippen molar-refractivity contribution in [2.45, 2.75) is 18.9 Å². The highest BCUT2D eigenvalue weighted by atomic mass is 79.9. The van der Waals surface area contributed by atoms with Crippen LogP contribution in [0.4, 0.5) is 8.78 Å². The van der Waals surface area contributed by atoms with E-state index in [0.29, 0.717) is 16.5 Å². The van der Waals surface area contributed by atoms with Gasteiger partial charge >= 0.3 is 0 Å². The van der Waals surface area contributed by atoms with E-state index in [0.717, 1.165) is 5.56 Å². The van der Waals surface area contributed by atoms with Gasteiger partial charge in [0, 0.05) is 6.42 Å². The maximum Gasteiger partial charge on any atom is 0.145 e. The third-order valence-corrected chi connectivity index (χ3v) is 3.84. The molecule has 0 aliphatic heterocycles. The van der Waals surface area contributed by atoms with Crippen LogP contribution in [0.1, 0.15) is 11.1 Å². The van der Waals surface area contributed by atoms with Gasteiger partial charge in [-0.2, -0.15) is 0 Å². The second-order valence-electron chi connectivity index (χ2n) is 4.52. The highest BCUT2D eigenvalue weighted by Gasteiger charge is 2.13. The number of benzene rings is 2. The zero-order valence-electron chi connectivity index (χ0n) is 10.4. The minimum atomic E-state index is -0.764. The van der Waals surface area contributed by atoms with Crippen molar-refractivity contribution in [1.82, 2.24) is 0 Å². The van der Waals surface area contributed by atoms with E-state index < -0.39 is 11.9 Å². The summed E-state index contributed by atoms with van der Waals surface area (Å²) in [5, 5.41) is 10.1. The minimum Gasteiger partial charge on any atom is -0.392 e. The van der Waals surface area contributed by atoms with Crippen LogP contribution in [0.5, 0.6) is 0 Å². The lowest BCUT2D eigenvalue weighted by atomic mass is 10.0. The molecule has 1 atom stereocenters. The number of hydrogen-bond acceptors (Lipinski definition) is 1. The van der Waals surface area contributed by atoms with Crippen molar-refractivity contribution in [2.24, 2.45) is 0 Å². The van der Waals surface area contributed by atoms with E-state index in [-0.39, 0.29) is 17.3 Å². The number of aliphatic hydroxyl groups excluding tert-OH is 1. The van der Waals surface area contributed by atoms with E-state index >= 15 is 0 Å². The average Bonchev–Trinajstić information content (AvgIpc) is 2.39. The highest BCUT2D eigenvalue weighted by Crippen LogP contribution is 2.21. The molecule has 2 aromatic carbocycles. The van der Waals surface area contributed by atoms with Crippen LogP contribution < -0.4 is 0 Å². The van der Waals surface area contributed by atoms with Gasteiger partial charge < -0.3 is 5.11 Å². The van der Waals surface area contributed by atoms with Gasteiger partial charge in [0.2, 0.25) is 0 Å². The van der Waals surface area contributed by atoms with E-state index in [1.807, 2.05) is 0 Å². The summed E-state index contributed by atoms with van der Waals surface area (Å²) in [6, 6.07) is 9.22. The summed E-state index contributed by atoms with van der Waals surface area (Å²) in [6.45, 7) is 0. The molecule has 0 heterocycles. The number of rotatable bonds is 4. The number of aliphatic hydroxyl groups is 1. The SMILES string of the molecule is OC(Cc1ccc(F)c(Br)c1)Cc1cccc(Cl)c1F. The van der Waals surface area contributed by atoms with Crippen molar-refractivity contribution in [3.63, 3.8) is 0 Å². The molecule has 5 heteroatoms. The van der Waals surface area contributed by atoms with E-state index in [9.17, 15) is 13.9 Å². The Labute approximate surface area is 129 Å². The van der Waals surface area contributed by atoms with Crippen LogP contribution in [0.2, 0.25) is 5.02 Å². The third-order valence-electron chi connectivity index (χ3n) is 2.94. The van der Waals surface area contributed by atoms with Crippen molar-refractivity contribution in [1.29, 1.82) is 0 Å². The monoisotopic (exact) mass is 360 g/mol. The lowest BCUT2D eigenvalue weighted by Gasteiger charge is -2.12. The lowest BCUT2D eigenvalue weighted by Crippen LogP contribution is -2.15. The molecule has 2 rings (SSSR count). The van der Waals surface area contributed by atoms with Gasteiger partial charge in [-0.15, -0.1) is 0 Å². The van der Waals surface area contributed by atoms with Gasteiger partial charge in [0.05, 0.1) is 15.6 Å². The highest BCUT2D eigenvalue weighted by molar-refractivity contribution is 9.10. The first-order chi connectivity index (χ1) is 9.47. The van der Waals surface area contributed by atoms with Crippen molar-refractivity contribution in [3.05, 3.63) is 68.7 Å². The zero-order chi connectivity index (χ0) is 14.7. The fourth-order valence-electron chi connectivity index (χ4n) is 1.97. The Morgan fingerprint density at radius 1 is 1.15 bits per heavy atom. The summed E-state index contributed by atoms with van der Waals surface area (Å²) in [5.41, 5.74) is 1.14. The second-order valence-corrected chi connectivity index (χ2v) is 5.79. The second kappa shape index (κ2) is 6.66. The number of halogens is 4. The Hall–Kier alpha value is -0.970. The molecular weight excluding hydrogens is 350 g/mol. The first-order valence-electron chi connectivity index (χ1n) is 6.02. The molecular formula is C15H12BrClF2O. The summed E-state index contributed by atoms with van der Waals surface area (Å²) in [7, 11) is 0. The summed E-state index contributed by atoms with van der Waals surface area (Å²) in [4.78, 5) is 0. The number of hydrogen-bond donors (Lipinski definition) is 1. The molecule has 1 nitrogen and oxygen atoms in total. The molecule has 106 valence electrons. The summed E-state index contributed by atoms with van der Waals surface area (Å²) < 4.78 is 27.2. The predicted molar refractivity (Wildman–Crippen MR) is 78.9 cm³/mol. The largest absolute Gasteiger partial charge is 0.392 e. The fourth-order valence-corrected chi connectivity index (χ4v) is 2.59. The van der Waals surface area contributed by atoms with Crippen LogP contribution in [0, 0.1) is 11.6 Å². The molecule has 2 aromatic rings. The van der Waals surface area contributed by atoms with Crippen LogP contribution in [-0.4, -0.2) is 11.2 Å². The summed E-state index contributed by atoms with van der Waals surface area (Å²) in [5.74, 6) is -0.863. The predicted octanol–water partition coefficient (Wildman–Crippen LogP) is 4.53. The van der Waals surface area contributed by atoms with Crippen LogP contribution in [0.15, 0.2) is 40.9 Å². The Bertz CT molecular complexity index is 619. The normalized spacial score (nSPS) is 12.4. The zero-order valence-corrected chi connectivity index (χ0v) is 12.8. The van der Waals surface area contributed by atoms with Crippen molar-refractivity contribution >= 4 is 27.5 Å². The summed E-state index contributed by atoms with van der Waals surface area (Å²) >= 11 is 8.78. The maximum atomic E-state index is 13.7. The van der Waals surface area contributed by atoms with Crippen LogP contribution in [-0.2, 0) is 12.8 Å². The van der Waals surface area contributed by atoms with E-state index in [1.165, 1.54) is 12.1 Å². The van der Waals surface area contributed by atoms with Crippen molar-refractivity contribution in [2.75, 3.05) is 0 Å². The molecule has 1 N–H and O–H groups in total. The molecule has 0 aliphatic carbocycles. The molecule has 0 aliphatic rings. The molecule has 0 radical (unpaired) electrons. The molecule has 0 saturated heterocycles. The van der Waals surface area contributed by atoms with Crippen LogP contribution in [0.25, 0.3) is 0 Å².